The molecule has 120 valence electrons. The minimum atomic E-state index is -0.451. The molecule has 2 aromatic carbocycles. The highest BCUT2D eigenvalue weighted by Crippen LogP contribution is 2.26. The third-order valence-corrected chi connectivity index (χ3v) is 3.67. The van der Waals surface area contributed by atoms with Crippen molar-refractivity contribution in [1.29, 1.82) is 0 Å². The summed E-state index contributed by atoms with van der Waals surface area (Å²) in [4.78, 5) is 12.2. The van der Waals surface area contributed by atoms with Crippen LogP contribution in [0.3, 0.4) is 0 Å². The summed E-state index contributed by atoms with van der Waals surface area (Å²) >= 11 is 8.37. The predicted molar refractivity (Wildman–Crippen MR) is 95.4 cm³/mol. The van der Waals surface area contributed by atoms with E-state index < -0.39 is 11.7 Å². The van der Waals surface area contributed by atoms with Gasteiger partial charge in [0.15, 0.2) is 5.11 Å². The van der Waals surface area contributed by atoms with Gasteiger partial charge in [-0.3, -0.25) is 10.1 Å². The minimum absolute atomic E-state index is 0.0186. The fourth-order valence-corrected chi connectivity index (χ4v) is 2.50. The first-order valence-electron chi connectivity index (χ1n) is 6.80. The Balaban J connectivity index is 2.02. The van der Waals surface area contributed by atoms with Crippen LogP contribution in [0, 0.1) is 5.82 Å². The van der Waals surface area contributed by atoms with Gasteiger partial charge < -0.3 is 10.1 Å². The first kappa shape index (κ1) is 17.4. The normalized spacial score (nSPS) is 10.0. The molecule has 0 unspecified atom stereocenters. The number of carbonyl (C=O) groups is 1. The van der Waals surface area contributed by atoms with E-state index in [9.17, 15) is 9.18 Å². The van der Waals surface area contributed by atoms with Crippen molar-refractivity contribution < 1.29 is 13.9 Å². The Morgan fingerprint density at radius 2 is 2.04 bits per heavy atom. The predicted octanol–water partition coefficient (Wildman–Crippen LogP) is 4.11. The van der Waals surface area contributed by atoms with Crippen molar-refractivity contribution in [1.82, 2.24) is 5.32 Å². The molecule has 23 heavy (non-hydrogen) atoms. The maximum absolute atomic E-state index is 13.5. The molecular weight excluding hydrogens is 383 g/mol. The molecule has 2 rings (SSSR count). The molecule has 0 aliphatic rings. The third-order valence-electron chi connectivity index (χ3n) is 2.84. The zero-order valence-electron chi connectivity index (χ0n) is 12.2. The fourth-order valence-electron chi connectivity index (χ4n) is 1.81. The smallest absolute Gasteiger partial charge is 0.257 e. The molecule has 4 nitrogen and oxygen atoms in total. The summed E-state index contributed by atoms with van der Waals surface area (Å²) in [6.07, 6.45) is 0. The second-order valence-electron chi connectivity index (χ2n) is 4.47. The van der Waals surface area contributed by atoms with Crippen molar-refractivity contribution in [3.63, 3.8) is 0 Å². The van der Waals surface area contributed by atoms with E-state index in [1.165, 1.54) is 12.1 Å². The molecule has 7 heteroatoms. The molecule has 0 saturated carbocycles. The zero-order chi connectivity index (χ0) is 16.8. The number of nitrogens with one attached hydrogen (secondary N) is 2. The van der Waals surface area contributed by atoms with Gasteiger partial charge in [0, 0.05) is 5.56 Å². The van der Waals surface area contributed by atoms with Crippen molar-refractivity contribution in [2.45, 2.75) is 6.92 Å². The molecule has 2 aromatic rings. The van der Waals surface area contributed by atoms with Crippen LogP contribution in [-0.4, -0.2) is 17.6 Å². The average Bonchev–Trinajstić information content (AvgIpc) is 2.51. The number of carbonyl (C=O) groups excluding carboxylic acids is 1. The van der Waals surface area contributed by atoms with Gasteiger partial charge in [0.05, 0.1) is 16.8 Å². The lowest BCUT2D eigenvalue weighted by molar-refractivity contribution is 0.0977. The maximum atomic E-state index is 13.5. The van der Waals surface area contributed by atoms with Crippen LogP contribution >= 0.6 is 28.1 Å². The Hall–Kier alpha value is -1.99. The number of ether oxygens (including phenoxy) is 1. The number of hydrogen-bond acceptors (Lipinski definition) is 3. The zero-order valence-corrected chi connectivity index (χ0v) is 14.6. The topological polar surface area (TPSA) is 50.4 Å². The lowest BCUT2D eigenvalue weighted by Gasteiger charge is -2.11. The molecule has 0 radical (unpaired) electrons. The molecule has 0 fully saturated rings. The van der Waals surface area contributed by atoms with E-state index in [0.717, 1.165) is 0 Å². The van der Waals surface area contributed by atoms with Crippen molar-refractivity contribution >= 4 is 44.9 Å². The molecule has 0 aliphatic carbocycles. The molecule has 0 atom stereocenters. The van der Waals surface area contributed by atoms with Crippen molar-refractivity contribution in [3.8, 4) is 5.75 Å². The molecular formula is C16H14BrFN2O2S. The van der Waals surface area contributed by atoms with Gasteiger partial charge >= 0.3 is 0 Å². The number of hydrogen-bond donors (Lipinski definition) is 2. The molecule has 2 N–H and O–H groups in total. The van der Waals surface area contributed by atoms with Gasteiger partial charge in [-0.15, -0.1) is 0 Å². The number of benzene rings is 2. The van der Waals surface area contributed by atoms with Crippen molar-refractivity contribution in [3.05, 3.63) is 58.3 Å². The van der Waals surface area contributed by atoms with E-state index in [-0.39, 0.29) is 10.8 Å². The van der Waals surface area contributed by atoms with Crippen LogP contribution in [-0.2, 0) is 0 Å². The van der Waals surface area contributed by atoms with Crippen LogP contribution in [0.4, 0.5) is 10.1 Å². The number of anilines is 1. The Labute approximate surface area is 147 Å². The third kappa shape index (κ3) is 4.74. The summed E-state index contributed by atoms with van der Waals surface area (Å²) in [5.41, 5.74) is 0.601. The van der Waals surface area contributed by atoms with Gasteiger partial charge in [-0.2, -0.15) is 0 Å². The number of rotatable bonds is 4. The molecule has 0 aliphatic heterocycles. The quantitative estimate of drug-likeness (QED) is 0.763. The summed E-state index contributed by atoms with van der Waals surface area (Å²) in [6.45, 7) is 2.40. The van der Waals surface area contributed by atoms with Crippen LogP contribution in [0.1, 0.15) is 17.3 Å². The Morgan fingerprint density at radius 3 is 2.70 bits per heavy atom. The van der Waals surface area contributed by atoms with Crippen LogP contribution in [0.25, 0.3) is 0 Å². The van der Waals surface area contributed by atoms with Crippen LogP contribution in [0.2, 0.25) is 0 Å². The molecule has 0 aromatic heterocycles. The first-order valence-corrected chi connectivity index (χ1v) is 8.00. The summed E-state index contributed by atoms with van der Waals surface area (Å²) in [5.74, 6) is -0.202. The maximum Gasteiger partial charge on any atom is 0.257 e. The summed E-state index contributed by atoms with van der Waals surface area (Å²) in [5, 5.41) is 5.17. The highest BCUT2D eigenvalue weighted by Gasteiger charge is 2.11. The molecule has 0 spiro atoms. The number of para-hydroxylation sites is 1. The Morgan fingerprint density at radius 1 is 1.30 bits per heavy atom. The molecule has 0 saturated heterocycles. The van der Waals surface area contributed by atoms with Crippen molar-refractivity contribution in [2.75, 3.05) is 11.9 Å². The van der Waals surface area contributed by atoms with Crippen molar-refractivity contribution in [2.24, 2.45) is 0 Å². The summed E-state index contributed by atoms with van der Waals surface area (Å²) in [6, 6.07) is 11.0. The first-order chi connectivity index (χ1) is 11.0. The van der Waals surface area contributed by atoms with Gasteiger partial charge in [0.2, 0.25) is 0 Å². The lowest BCUT2D eigenvalue weighted by atomic mass is 10.2. The van der Waals surface area contributed by atoms with Crippen LogP contribution in [0.15, 0.2) is 46.9 Å². The molecule has 1 amide bonds. The van der Waals surface area contributed by atoms with E-state index in [2.05, 4.69) is 26.6 Å². The SMILES string of the molecule is CCOc1ccc(C(=O)NC(=S)Nc2ccccc2F)cc1Br. The fraction of sp³-hybridized carbons (Fsp3) is 0.125. The monoisotopic (exact) mass is 396 g/mol. The Bertz CT molecular complexity index is 740. The number of thiocarbonyl (C=S) groups is 1. The van der Waals surface area contributed by atoms with E-state index in [1.807, 2.05) is 6.92 Å². The Kier molecular flexibility index (Phi) is 6.06. The summed E-state index contributed by atoms with van der Waals surface area (Å²) in [7, 11) is 0. The van der Waals surface area contributed by atoms with Gasteiger partial charge in [-0.1, -0.05) is 12.1 Å². The van der Waals surface area contributed by atoms with Crippen LogP contribution in [0.5, 0.6) is 5.75 Å². The van der Waals surface area contributed by atoms with Gasteiger partial charge in [0.1, 0.15) is 11.6 Å². The van der Waals surface area contributed by atoms with E-state index in [1.54, 1.807) is 30.3 Å². The largest absolute Gasteiger partial charge is 0.493 e. The average molecular weight is 397 g/mol. The van der Waals surface area contributed by atoms with E-state index >= 15 is 0 Å². The minimum Gasteiger partial charge on any atom is -0.493 e. The number of amides is 1. The van der Waals surface area contributed by atoms with Gasteiger partial charge in [0.25, 0.3) is 5.91 Å². The standard InChI is InChI=1S/C16H14BrFN2O2S/c1-2-22-14-8-7-10(9-11(14)17)15(21)20-16(23)19-13-6-4-3-5-12(13)18/h3-9H,2H2,1H3,(H2,19,20,21,23). The van der Waals surface area contributed by atoms with Crippen LogP contribution < -0.4 is 15.4 Å². The van der Waals surface area contributed by atoms with E-state index in [0.29, 0.717) is 22.4 Å². The van der Waals surface area contributed by atoms with E-state index in [4.69, 9.17) is 17.0 Å². The second kappa shape index (κ2) is 8.03. The highest BCUT2D eigenvalue weighted by molar-refractivity contribution is 9.10. The second-order valence-corrected chi connectivity index (χ2v) is 5.73. The molecule has 0 heterocycles. The van der Waals surface area contributed by atoms with Gasteiger partial charge in [-0.05, 0) is 65.4 Å². The van der Waals surface area contributed by atoms with Gasteiger partial charge in [-0.25, -0.2) is 4.39 Å². The summed E-state index contributed by atoms with van der Waals surface area (Å²) < 4.78 is 19.6. The molecule has 0 bridgehead atoms. The number of halogens is 2. The lowest BCUT2D eigenvalue weighted by Crippen LogP contribution is -2.34. The highest BCUT2D eigenvalue weighted by atomic mass is 79.9.